The van der Waals surface area contributed by atoms with Crippen molar-refractivity contribution in [2.24, 2.45) is 0 Å². The number of amides is 1. The summed E-state index contributed by atoms with van der Waals surface area (Å²) in [7, 11) is 1.57. The number of hydrogen-bond acceptors (Lipinski definition) is 5. The van der Waals surface area contributed by atoms with Gasteiger partial charge >= 0.3 is 0 Å². The van der Waals surface area contributed by atoms with E-state index in [1.54, 1.807) is 32.4 Å². The Balaban J connectivity index is 1.62. The number of pyridine rings is 1. The van der Waals surface area contributed by atoms with Crippen molar-refractivity contribution in [3.05, 3.63) is 96.6 Å². The molecule has 0 aliphatic carbocycles. The van der Waals surface area contributed by atoms with Crippen molar-refractivity contribution < 1.29 is 14.6 Å². The van der Waals surface area contributed by atoms with Gasteiger partial charge in [0.05, 0.1) is 24.5 Å². The summed E-state index contributed by atoms with van der Waals surface area (Å²) in [6.07, 6.45) is 4.13. The maximum atomic E-state index is 12.0. The first-order chi connectivity index (χ1) is 18.0. The second-order valence-electron chi connectivity index (χ2n) is 8.60. The molecule has 9 heteroatoms. The summed E-state index contributed by atoms with van der Waals surface area (Å²) in [6.45, 7) is 1.80. The molecule has 1 fully saturated rings. The highest BCUT2D eigenvalue weighted by molar-refractivity contribution is 7.80. The summed E-state index contributed by atoms with van der Waals surface area (Å²) in [4.78, 5) is 18.7. The number of anilines is 2. The molecule has 0 saturated carbocycles. The molecular weight excluding hydrogens is 486 g/mol. The fourth-order valence-electron chi connectivity index (χ4n) is 4.59. The zero-order valence-electron chi connectivity index (χ0n) is 20.5. The molecule has 2 atom stereocenters. The molecule has 4 aromatic rings. The fourth-order valence-corrected chi connectivity index (χ4v) is 4.93. The lowest BCUT2D eigenvalue weighted by atomic mass is 10.0. The largest absolute Gasteiger partial charge is 0.508 e. The lowest BCUT2D eigenvalue weighted by Crippen LogP contribution is -2.30. The Morgan fingerprint density at radius 3 is 2.59 bits per heavy atom. The van der Waals surface area contributed by atoms with Gasteiger partial charge in [-0.2, -0.15) is 0 Å². The van der Waals surface area contributed by atoms with Gasteiger partial charge in [0.2, 0.25) is 5.91 Å². The second-order valence-corrected chi connectivity index (χ2v) is 8.99. The summed E-state index contributed by atoms with van der Waals surface area (Å²) in [5.41, 5.74) is 4.16. The highest BCUT2D eigenvalue weighted by Crippen LogP contribution is 2.44. The lowest BCUT2D eigenvalue weighted by molar-refractivity contribution is -0.115. The van der Waals surface area contributed by atoms with Crippen molar-refractivity contribution >= 4 is 34.6 Å². The molecule has 3 heterocycles. The molecule has 1 amide bonds. The minimum atomic E-state index is -0.257. The highest BCUT2D eigenvalue weighted by Gasteiger charge is 2.42. The molecule has 8 nitrogen and oxygen atoms in total. The quantitative estimate of drug-likeness (QED) is 0.296. The van der Waals surface area contributed by atoms with E-state index in [2.05, 4.69) is 31.2 Å². The van der Waals surface area contributed by atoms with Crippen molar-refractivity contribution in [2.75, 3.05) is 17.3 Å². The number of nitrogens with zero attached hydrogens (tertiary/aromatic N) is 3. The van der Waals surface area contributed by atoms with Crippen molar-refractivity contribution in [1.29, 1.82) is 0 Å². The standard InChI is InChI=1S/C28H27N5O3S/c1-3-25(35)30-21-14-11-19(17-24(21)36-2)33-27(26(31-28(33)37)22-7-4-5-15-29-22)23-8-6-16-32(23)18-9-12-20(34)13-10-18/h4-17,26-27,34H,3H2,1-2H3,(H,30,35)(H,31,37)/t26-,27+/m1/s1. The number of aromatic nitrogens is 2. The summed E-state index contributed by atoms with van der Waals surface area (Å²) in [6, 6.07) is 22.1. The molecule has 1 aliphatic heterocycles. The van der Waals surface area contributed by atoms with Crippen LogP contribution >= 0.6 is 12.2 Å². The number of rotatable bonds is 7. The van der Waals surface area contributed by atoms with E-state index in [0.717, 1.165) is 22.8 Å². The molecule has 37 heavy (non-hydrogen) atoms. The molecule has 1 saturated heterocycles. The molecule has 0 spiro atoms. The normalized spacial score (nSPS) is 16.9. The summed E-state index contributed by atoms with van der Waals surface area (Å²) in [5, 5.41) is 16.7. The Hall–Kier alpha value is -4.37. The molecule has 3 N–H and O–H groups in total. The van der Waals surface area contributed by atoms with Crippen LogP contribution in [0.15, 0.2) is 85.2 Å². The highest BCUT2D eigenvalue weighted by atomic mass is 32.1. The van der Waals surface area contributed by atoms with Crippen LogP contribution in [-0.4, -0.2) is 32.8 Å². The summed E-state index contributed by atoms with van der Waals surface area (Å²) >= 11 is 5.86. The van der Waals surface area contributed by atoms with Gasteiger partial charge in [-0.15, -0.1) is 0 Å². The van der Waals surface area contributed by atoms with Crippen molar-refractivity contribution in [1.82, 2.24) is 14.9 Å². The summed E-state index contributed by atoms with van der Waals surface area (Å²) < 4.78 is 7.70. The van der Waals surface area contributed by atoms with Gasteiger partial charge in [-0.25, -0.2) is 0 Å². The first kappa shape index (κ1) is 24.3. The van der Waals surface area contributed by atoms with Gasteiger partial charge in [0.25, 0.3) is 0 Å². The van der Waals surface area contributed by atoms with Gasteiger partial charge in [-0.1, -0.05) is 13.0 Å². The number of nitrogens with one attached hydrogen (secondary N) is 2. The van der Waals surface area contributed by atoms with E-state index in [9.17, 15) is 9.90 Å². The van der Waals surface area contributed by atoms with Crippen LogP contribution in [-0.2, 0) is 4.79 Å². The third-order valence-electron chi connectivity index (χ3n) is 6.37. The van der Waals surface area contributed by atoms with Crippen LogP contribution in [0.2, 0.25) is 0 Å². The van der Waals surface area contributed by atoms with Crippen molar-refractivity contribution in [3.63, 3.8) is 0 Å². The molecule has 188 valence electrons. The third-order valence-corrected chi connectivity index (χ3v) is 6.68. The number of carbonyl (C=O) groups is 1. The number of hydrogen-bond donors (Lipinski definition) is 3. The van der Waals surface area contributed by atoms with Gasteiger partial charge in [0.1, 0.15) is 17.5 Å². The zero-order chi connectivity index (χ0) is 25.9. The van der Waals surface area contributed by atoms with Crippen LogP contribution in [0.4, 0.5) is 11.4 Å². The number of carbonyl (C=O) groups excluding carboxylic acids is 1. The lowest BCUT2D eigenvalue weighted by Gasteiger charge is -2.29. The maximum absolute atomic E-state index is 12.0. The first-order valence-corrected chi connectivity index (χ1v) is 12.4. The van der Waals surface area contributed by atoms with Gasteiger partial charge in [0, 0.05) is 41.9 Å². The van der Waals surface area contributed by atoms with E-state index >= 15 is 0 Å². The average molecular weight is 514 g/mol. The molecule has 2 aromatic carbocycles. The van der Waals surface area contributed by atoms with Gasteiger partial charge in [-0.3, -0.25) is 9.78 Å². The number of aromatic hydroxyl groups is 1. The summed E-state index contributed by atoms with van der Waals surface area (Å²) in [5.74, 6) is 0.650. The third kappa shape index (κ3) is 4.73. The van der Waals surface area contributed by atoms with Crippen LogP contribution in [0.25, 0.3) is 5.69 Å². The maximum Gasteiger partial charge on any atom is 0.224 e. The topological polar surface area (TPSA) is 91.7 Å². The van der Waals surface area contributed by atoms with Crippen molar-refractivity contribution in [3.8, 4) is 17.2 Å². The molecule has 5 rings (SSSR count). The van der Waals surface area contributed by atoms with Gasteiger partial charge in [-0.05, 0) is 72.9 Å². The number of thiocarbonyl (C=S) groups is 1. The minimum absolute atomic E-state index is 0.0933. The second kappa shape index (κ2) is 10.3. The van der Waals surface area contributed by atoms with Crippen LogP contribution in [0.1, 0.15) is 36.8 Å². The van der Waals surface area contributed by atoms with E-state index in [-0.39, 0.29) is 23.7 Å². The van der Waals surface area contributed by atoms with Gasteiger partial charge in [0.15, 0.2) is 5.11 Å². The van der Waals surface area contributed by atoms with E-state index in [1.165, 1.54) is 0 Å². The Morgan fingerprint density at radius 1 is 1.11 bits per heavy atom. The fraction of sp³-hybridized carbons (Fsp3) is 0.179. The molecule has 2 aromatic heterocycles. The zero-order valence-corrected chi connectivity index (χ0v) is 21.3. The smallest absolute Gasteiger partial charge is 0.224 e. The first-order valence-electron chi connectivity index (χ1n) is 12.0. The number of phenolic OH excluding ortho intramolecular Hbond substituents is 1. The SMILES string of the molecule is CCC(=O)Nc1ccc(N2C(=S)N[C@H](c3ccccn3)[C@@H]2c2cccn2-c2ccc(O)cc2)cc1OC. The predicted octanol–water partition coefficient (Wildman–Crippen LogP) is 5.11. The number of methoxy groups -OCH3 is 1. The Morgan fingerprint density at radius 2 is 1.89 bits per heavy atom. The van der Waals surface area contributed by atoms with Crippen LogP contribution in [0.3, 0.4) is 0 Å². The molecular formula is C28H27N5O3S. The Bertz CT molecular complexity index is 1420. The van der Waals surface area contributed by atoms with Crippen molar-refractivity contribution in [2.45, 2.75) is 25.4 Å². The number of phenols is 1. The minimum Gasteiger partial charge on any atom is -0.508 e. The van der Waals surface area contributed by atoms with E-state index < -0.39 is 0 Å². The van der Waals surface area contributed by atoms with E-state index in [1.807, 2.05) is 60.8 Å². The van der Waals surface area contributed by atoms with Crippen LogP contribution in [0.5, 0.6) is 11.5 Å². The molecule has 0 radical (unpaired) electrons. The Kier molecular flexibility index (Phi) is 6.78. The Labute approximate surface area is 220 Å². The molecule has 1 aliphatic rings. The van der Waals surface area contributed by atoms with E-state index in [0.29, 0.717) is 23.0 Å². The molecule has 0 bridgehead atoms. The monoisotopic (exact) mass is 513 g/mol. The number of ether oxygens (including phenoxy) is 1. The van der Waals surface area contributed by atoms with Crippen LogP contribution in [0, 0.1) is 0 Å². The predicted molar refractivity (Wildman–Crippen MR) is 147 cm³/mol. The van der Waals surface area contributed by atoms with Gasteiger partial charge < -0.3 is 29.9 Å². The van der Waals surface area contributed by atoms with Crippen LogP contribution < -0.4 is 20.3 Å². The van der Waals surface area contributed by atoms with E-state index in [4.69, 9.17) is 17.0 Å². The average Bonchev–Trinajstić information content (AvgIpc) is 3.54. The molecule has 0 unspecified atom stereocenters. The number of benzene rings is 2.